The van der Waals surface area contributed by atoms with Crippen molar-refractivity contribution in [2.24, 2.45) is 0 Å². The van der Waals surface area contributed by atoms with Gasteiger partial charge in [0.25, 0.3) is 0 Å². The number of fused-ring (bicyclic) bond motifs is 1. The first-order valence-electron chi connectivity index (χ1n) is 12.8. The fraction of sp³-hybridized carbons (Fsp3) is 0.200. The number of tetrazole rings is 1. The molecule has 8 nitrogen and oxygen atoms in total. The Bertz CT molecular complexity index is 1800. The van der Waals surface area contributed by atoms with Gasteiger partial charge >= 0.3 is 0 Å². The van der Waals surface area contributed by atoms with Crippen LogP contribution in [0.15, 0.2) is 60.8 Å². The number of hydrogen-bond donors (Lipinski definition) is 1. The molecule has 4 aromatic heterocycles. The normalized spacial score (nSPS) is 11.4. The average molecular weight is 519 g/mol. The van der Waals surface area contributed by atoms with Crippen LogP contribution in [0.4, 0.5) is 4.39 Å². The number of aryl methyl sites for hydroxylation is 4. The minimum atomic E-state index is -0.324. The number of hydrogen-bond acceptors (Lipinski definition) is 6. The zero-order valence-electron chi connectivity index (χ0n) is 22.2. The molecule has 0 saturated heterocycles. The van der Waals surface area contributed by atoms with Gasteiger partial charge < -0.3 is 4.57 Å². The third-order valence-electron chi connectivity index (χ3n) is 6.97. The maximum Gasteiger partial charge on any atom is 0.205 e. The number of pyridine rings is 2. The lowest BCUT2D eigenvalue weighted by atomic mass is 9.94. The average Bonchev–Trinajstić information content (AvgIpc) is 3.59. The summed E-state index contributed by atoms with van der Waals surface area (Å²) in [6.45, 7) is 8.63. The minimum absolute atomic E-state index is 0.324. The van der Waals surface area contributed by atoms with Crippen molar-refractivity contribution in [1.82, 2.24) is 40.1 Å². The number of rotatable bonds is 6. The molecule has 39 heavy (non-hydrogen) atoms. The van der Waals surface area contributed by atoms with E-state index >= 15 is 0 Å². The van der Waals surface area contributed by atoms with Crippen LogP contribution in [0.3, 0.4) is 0 Å². The van der Waals surface area contributed by atoms with Crippen molar-refractivity contribution in [3.8, 4) is 33.8 Å². The minimum Gasteiger partial charge on any atom is -0.308 e. The Hall–Kier alpha value is -4.79. The quantitative estimate of drug-likeness (QED) is 0.290. The highest BCUT2D eigenvalue weighted by Crippen LogP contribution is 2.34. The molecule has 2 aromatic carbocycles. The molecule has 4 heterocycles. The van der Waals surface area contributed by atoms with Gasteiger partial charge in [0.2, 0.25) is 5.82 Å². The Labute approximate surface area is 225 Å². The number of benzene rings is 2. The second kappa shape index (κ2) is 9.83. The number of nitrogens with one attached hydrogen (secondary N) is 1. The SMILES string of the molecule is CCc1nc2c(C)cc(C)nc2n1Cc1ccc(-c2cc(-c3cc(C)c(F)cn3)ccc2-c2nn[nH]n2)cc1. The lowest BCUT2D eigenvalue weighted by Crippen LogP contribution is -2.05. The molecule has 0 aliphatic rings. The largest absolute Gasteiger partial charge is 0.308 e. The van der Waals surface area contributed by atoms with Crippen molar-refractivity contribution < 1.29 is 4.39 Å². The van der Waals surface area contributed by atoms with E-state index in [0.29, 0.717) is 23.6 Å². The van der Waals surface area contributed by atoms with Gasteiger partial charge in [-0.05, 0) is 78.1 Å². The summed E-state index contributed by atoms with van der Waals surface area (Å²) in [6.07, 6.45) is 2.08. The molecule has 0 bridgehead atoms. The molecule has 9 heteroatoms. The molecule has 0 saturated carbocycles. The second-order valence-corrected chi connectivity index (χ2v) is 9.73. The van der Waals surface area contributed by atoms with Gasteiger partial charge in [-0.15, -0.1) is 10.2 Å². The Morgan fingerprint density at radius 3 is 2.38 bits per heavy atom. The van der Waals surface area contributed by atoms with E-state index in [1.54, 1.807) is 13.0 Å². The zero-order valence-corrected chi connectivity index (χ0v) is 22.2. The molecule has 0 fully saturated rings. The summed E-state index contributed by atoms with van der Waals surface area (Å²) in [4.78, 5) is 14.0. The molecule has 1 N–H and O–H groups in total. The van der Waals surface area contributed by atoms with Crippen LogP contribution in [0.1, 0.15) is 35.1 Å². The van der Waals surface area contributed by atoms with Crippen LogP contribution >= 0.6 is 0 Å². The molecule has 6 aromatic rings. The summed E-state index contributed by atoms with van der Waals surface area (Å²) in [5.41, 5.74) is 10.0. The first-order valence-corrected chi connectivity index (χ1v) is 12.8. The van der Waals surface area contributed by atoms with Crippen LogP contribution in [0, 0.1) is 26.6 Å². The molecule has 0 aliphatic heterocycles. The second-order valence-electron chi connectivity index (χ2n) is 9.73. The van der Waals surface area contributed by atoms with Crippen LogP contribution in [-0.2, 0) is 13.0 Å². The Kier molecular flexibility index (Phi) is 6.18. The monoisotopic (exact) mass is 518 g/mol. The van der Waals surface area contributed by atoms with E-state index in [1.807, 2.05) is 25.1 Å². The van der Waals surface area contributed by atoms with Gasteiger partial charge in [-0.2, -0.15) is 5.21 Å². The topological polar surface area (TPSA) is 98.1 Å². The van der Waals surface area contributed by atoms with Crippen LogP contribution < -0.4 is 0 Å². The fourth-order valence-electron chi connectivity index (χ4n) is 4.97. The first-order chi connectivity index (χ1) is 18.9. The van der Waals surface area contributed by atoms with Gasteiger partial charge in [0, 0.05) is 23.2 Å². The van der Waals surface area contributed by atoms with Crippen molar-refractivity contribution in [3.63, 3.8) is 0 Å². The van der Waals surface area contributed by atoms with E-state index in [9.17, 15) is 4.39 Å². The van der Waals surface area contributed by atoms with Crippen LogP contribution in [-0.4, -0.2) is 40.1 Å². The van der Waals surface area contributed by atoms with E-state index in [1.165, 1.54) is 6.20 Å². The Morgan fingerprint density at radius 1 is 0.872 bits per heavy atom. The van der Waals surface area contributed by atoms with Crippen molar-refractivity contribution in [3.05, 3.63) is 94.8 Å². The summed E-state index contributed by atoms with van der Waals surface area (Å²) in [6, 6.07) is 18.2. The zero-order chi connectivity index (χ0) is 27.1. The Morgan fingerprint density at radius 2 is 1.67 bits per heavy atom. The van der Waals surface area contributed by atoms with Gasteiger partial charge in [0.1, 0.15) is 17.2 Å². The van der Waals surface area contributed by atoms with Gasteiger partial charge in [-0.1, -0.05) is 37.3 Å². The summed E-state index contributed by atoms with van der Waals surface area (Å²) in [5.74, 6) is 1.19. The van der Waals surface area contributed by atoms with Crippen molar-refractivity contribution in [1.29, 1.82) is 0 Å². The highest BCUT2D eigenvalue weighted by Gasteiger charge is 2.16. The number of imidazole rings is 1. The molecular formula is C30H27FN8. The summed E-state index contributed by atoms with van der Waals surface area (Å²) in [7, 11) is 0. The van der Waals surface area contributed by atoms with Crippen LogP contribution in [0.2, 0.25) is 0 Å². The van der Waals surface area contributed by atoms with Crippen LogP contribution in [0.25, 0.3) is 44.9 Å². The molecule has 0 amide bonds. The van der Waals surface area contributed by atoms with Gasteiger partial charge in [0.05, 0.1) is 18.4 Å². The lowest BCUT2D eigenvalue weighted by molar-refractivity contribution is 0.612. The van der Waals surface area contributed by atoms with Gasteiger partial charge in [-0.25, -0.2) is 14.4 Å². The molecular weight excluding hydrogens is 491 g/mol. The lowest BCUT2D eigenvalue weighted by Gasteiger charge is -2.12. The van der Waals surface area contributed by atoms with E-state index in [2.05, 4.69) is 74.4 Å². The predicted molar refractivity (Wildman–Crippen MR) is 148 cm³/mol. The van der Waals surface area contributed by atoms with E-state index in [0.717, 1.165) is 62.5 Å². The van der Waals surface area contributed by atoms with Crippen LogP contribution in [0.5, 0.6) is 0 Å². The van der Waals surface area contributed by atoms with E-state index in [-0.39, 0.29) is 5.82 Å². The maximum absolute atomic E-state index is 13.9. The smallest absolute Gasteiger partial charge is 0.205 e. The predicted octanol–water partition coefficient (Wildman–Crippen LogP) is 6.02. The summed E-state index contributed by atoms with van der Waals surface area (Å²) in [5, 5.41) is 14.7. The molecule has 0 unspecified atom stereocenters. The summed E-state index contributed by atoms with van der Waals surface area (Å²) < 4.78 is 16.1. The van der Waals surface area contributed by atoms with E-state index in [4.69, 9.17) is 9.97 Å². The van der Waals surface area contributed by atoms with Crippen molar-refractivity contribution in [2.75, 3.05) is 0 Å². The molecule has 0 radical (unpaired) electrons. The highest BCUT2D eigenvalue weighted by atomic mass is 19.1. The highest BCUT2D eigenvalue weighted by molar-refractivity contribution is 5.84. The standard InChI is InChI=1S/C30H27FN8/c1-5-27-34-28-18(3)12-19(4)33-30(28)39(27)16-20-6-8-21(9-7-20)24-14-22(26-13-17(2)25(31)15-32-26)10-11-23(24)29-35-37-38-36-29/h6-15H,5,16H2,1-4H3,(H,35,36,37,38). The number of nitrogens with zero attached hydrogens (tertiary/aromatic N) is 7. The number of H-pyrrole nitrogens is 1. The molecule has 0 spiro atoms. The molecule has 194 valence electrons. The summed E-state index contributed by atoms with van der Waals surface area (Å²) >= 11 is 0. The number of halogens is 1. The molecule has 6 rings (SSSR count). The van der Waals surface area contributed by atoms with Crippen molar-refractivity contribution >= 4 is 11.2 Å². The fourth-order valence-corrected chi connectivity index (χ4v) is 4.97. The Balaban J connectivity index is 1.40. The molecule has 0 atom stereocenters. The maximum atomic E-state index is 13.9. The number of aromatic nitrogens is 8. The van der Waals surface area contributed by atoms with Crippen molar-refractivity contribution in [2.45, 2.75) is 40.7 Å². The third-order valence-corrected chi connectivity index (χ3v) is 6.97. The third kappa shape index (κ3) is 4.56. The molecule has 0 aliphatic carbocycles. The first kappa shape index (κ1) is 24.5. The van der Waals surface area contributed by atoms with E-state index < -0.39 is 0 Å². The van der Waals surface area contributed by atoms with Gasteiger partial charge in [0.15, 0.2) is 5.65 Å². The van der Waals surface area contributed by atoms with Gasteiger partial charge in [-0.3, -0.25) is 4.98 Å². The number of aromatic amines is 1.